The number of rotatable bonds is 3. The lowest BCUT2D eigenvalue weighted by Crippen LogP contribution is -2.31. The number of aliphatic imine (C=N–C) groups is 1. The van der Waals surface area contributed by atoms with Crippen molar-refractivity contribution in [3.8, 4) is 0 Å². The minimum absolute atomic E-state index is 0.00694. The van der Waals surface area contributed by atoms with Gasteiger partial charge in [-0.1, -0.05) is 0 Å². The SMILES string of the molecule is CCN(CC)C(=O)C=NC. The fraction of sp³-hybridized carbons (Fsp3) is 0.714. The predicted octanol–water partition coefficient (Wildman–Crippen LogP) is 0.555. The molecular weight excluding hydrogens is 128 g/mol. The topological polar surface area (TPSA) is 32.7 Å². The Bertz CT molecular complexity index is 128. The lowest BCUT2D eigenvalue weighted by atomic mass is 10.5. The first kappa shape index (κ1) is 9.14. The van der Waals surface area contributed by atoms with Crippen molar-refractivity contribution in [3.05, 3.63) is 0 Å². The van der Waals surface area contributed by atoms with E-state index in [-0.39, 0.29) is 5.91 Å². The molecule has 0 rings (SSSR count). The maximum atomic E-state index is 11.0. The molecule has 0 radical (unpaired) electrons. The van der Waals surface area contributed by atoms with Gasteiger partial charge in [0, 0.05) is 20.1 Å². The van der Waals surface area contributed by atoms with Gasteiger partial charge in [-0.15, -0.1) is 0 Å². The number of hydrogen-bond donors (Lipinski definition) is 0. The van der Waals surface area contributed by atoms with Gasteiger partial charge in [0.25, 0.3) is 5.91 Å². The van der Waals surface area contributed by atoms with E-state index < -0.39 is 0 Å². The Kier molecular flexibility index (Phi) is 4.54. The van der Waals surface area contributed by atoms with Gasteiger partial charge in [-0.05, 0) is 13.8 Å². The Labute approximate surface area is 61.7 Å². The van der Waals surface area contributed by atoms with Crippen LogP contribution in [0.1, 0.15) is 13.8 Å². The highest BCUT2D eigenvalue weighted by Crippen LogP contribution is 1.85. The summed E-state index contributed by atoms with van der Waals surface area (Å²) in [6, 6.07) is 0. The van der Waals surface area contributed by atoms with Gasteiger partial charge < -0.3 is 4.90 Å². The monoisotopic (exact) mass is 142 g/mol. The van der Waals surface area contributed by atoms with Crippen LogP contribution in [0.25, 0.3) is 0 Å². The molecule has 0 fully saturated rings. The number of nitrogens with zero attached hydrogens (tertiary/aromatic N) is 2. The third-order valence-corrected chi connectivity index (χ3v) is 1.31. The van der Waals surface area contributed by atoms with Gasteiger partial charge in [0.15, 0.2) is 0 Å². The van der Waals surface area contributed by atoms with Gasteiger partial charge in [0.2, 0.25) is 0 Å². The van der Waals surface area contributed by atoms with Crippen LogP contribution >= 0.6 is 0 Å². The second-order valence-corrected chi connectivity index (χ2v) is 1.90. The Morgan fingerprint density at radius 3 is 2.30 bits per heavy atom. The summed E-state index contributed by atoms with van der Waals surface area (Å²) in [6.07, 6.45) is 1.34. The van der Waals surface area contributed by atoms with Gasteiger partial charge in [0.05, 0.1) is 6.21 Å². The smallest absolute Gasteiger partial charge is 0.264 e. The predicted molar refractivity (Wildman–Crippen MR) is 42.3 cm³/mol. The molecule has 0 aromatic rings. The van der Waals surface area contributed by atoms with Crippen LogP contribution < -0.4 is 0 Å². The fourth-order valence-corrected chi connectivity index (χ4v) is 0.727. The van der Waals surface area contributed by atoms with Gasteiger partial charge in [-0.25, -0.2) is 0 Å². The van der Waals surface area contributed by atoms with Crippen molar-refractivity contribution in [2.24, 2.45) is 4.99 Å². The van der Waals surface area contributed by atoms with Crippen molar-refractivity contribution in [1.29, 1.82) is 0 Å². The van der Waals surface area contributed by atoms with Crippen molar-refractivity contribution in [1.82, 2.24) is 4.90 Å². The van der Waals surface area contributed by atoms with Crippen LogP contribution in [-0.4, -0.2) is 37.2 Å². The van der Waals surface area contributed by atoms with Gasteiger partial charge >= 0.3 is 0 Å². The second-order valence-electron chi connectivity index (χ2n) is 1.90. The van der Waals surface area contributed by atoms with E-state index in [9.17, 15) is 4.79 Å². The fourth-order valence-electron chi connectivity index (χ4n) is 0.727. The van der Waals surface area contributed by atoms with Gasteiger partial charge in [-0.3, -0.25) is 9.79 Å². The van der Waals surface area contributed by atoms with Crippen molar-refractivity contribution >= 4 is 12.1 Å². The van der Waals surface area contributed by atoms with Crippen LogP contribution in [0, 0.1) is 0 Å². The minimum atomic E-state index is -0.00694. The summed E-state index contributed by atoms with van der Waals surface area (Å²) in [7, 11) is 1.60. The van der Waals surface area contributed by atoms with E-state index in [2.05, 4.69) is 4.99 Å². The Hall–Kier alpha value is -0.860. The van der Waals surface area contributed by atoms with Crippen molar-refractivity contribution in [2.75, 3.05) is 20.1 Å². The van der Waals surface area contributed by atoms with Crippen molar-refractivity contribution in [3.63, 3.8) is 0 Å². The summed E-state index contributed by atoms with van der Waals surface area (Å²) in [5.41, 5.74) is 0. The Morgan fingerprint density at radius 2 is 2.00 bits per heavy atom. The zero-order valence-corrected chi connectivity index (χ0v) is 6.79. The van der Waals surface area contributed by atoms with E-state index >= 15 is 0 Å². The molecule has 0 bridgehead atoms. The molecule has 3 heteroatoms. The largest absolute Gasteiger partial charge is 0.338 e. The molecule has 3 nitrogen and oxygen atoms in total. The van der Waals surface area contributed by atoms with Crippen molar-refractivity contribution in [2.45, 2.75) is 13.8 Å². The first-order chi connectivity index (χ1) is 4.76. The maximum absolute atomic E-state index is 11.0. The summed E-state index contributed by atoms with van der Waals surface area (Å²) >= 11 is 0. The second kappa shape index (κ2) is 4.97. The first-order valence-electron chi connectivity index (χ1n) is 3.47. The molecule has 0 spiro atoms. The molecule has 1 amide bonds. The van der Waals surface area contributed by atoms with Crippen LogP contribution in [-0.2, 0) is 4.79 Å². The molecule has 0 N–H and O–H groups in total. The lowest BCUT2D eigenvalue weighted by molar-refractivity contribution is -0.123. The van der Waals surface area contributed by atoms with E-state index in [0.29, 0.717) is 0 Å². The van der Waals surface area contributed by atoms with Gasteiger partial charge in [-0.2, -0.15) is 0 Å². The summed E-state index contributed by atoms with van der Waals surface area (Å²) in [5.74, 6) is -0.00694. The van der Waals surface area contributed by atoms with E-state index in [0.717, 1.165) is 13.1 Å². The van der Waals surface area contributed by atoms with Crippen LogP contribution in [0.3, 0.4) is 0 Å². The molecule has 0 heterocycles. The van der Waals surface area contributed by atoms with E-state index in [4.69, 9.17) is 0 Å². The third-order valence-electron chi connectivity index (χ3n) is 1.31. The molecule has 0 saturated carbocycles. The Balaban J connectivity index is 3.89. The van der Waals surface area contributed by atoms with E-state index in [1.165, 1.54) is 6.21 Å². The highest BCUT2D eigenvalue weighted by atomic mass is 16.2. The average Bonchev–Trinajstić information content (AvgIpc) is 1.91. The molecule has 10 heavy (non-hydrogen) atoms. The van der Waals surface area contributed by atoms with Crippen molar-refractivity contribution < 1.29 is 4.79 Å². The number of carbonyl (C=O) groups is 1. The highest BCUT2D eigenvalue weighted by Gasteiger charge is 2.03. The van der Waals surface area contributed by atoms with E-state index in [1.54, 1.807) is 11.9 Å². The lowest BCUT2D eigenvalue weighted by Gasteiger charge is -2.14. The molecule has 0 atom stereocenters. The normalized spacial score (nSPS) is 10.3. The first-order valence-corrected chi connectivity index (χ1v) is 3.47. The molecule has 0 unspecified atom stereocenters. The molecule has 0 aromatic carbocycles. The zero-order chi connectivity index (χ0) is 7.98. The van der Waals surface area contributed by atoms with Crippen LogP contribution in [0.15, 0.2) is 4.99 Å². The molecule has 0 aliphatic carbocycles. The Morgan fingerprint density at radius 1 is 1.50 bits per heavy atom. The van der Waals surface area contributed by atoms with E-state index in [1.807, 2.05) is 13.8 Å². The third kappa shape index (κ3) is 2.62. The molecule has 58 valence electrons. The molecular formula is C7H14N2O. The quantitative estimate of drug-likeness (QED) is 0.530. The zero-order valence-electron chi connectivity index (χ0n) is 6.79. The standard InChI is InChI=1S/C7H14N2O/c1-4-9(5-2)7(10)6-8-3/h6H,4-5H2,1-3H3. The molecule has 0 aliphatic heterocycles. The summed E-state index contributed by atoms with van der Waals surface area (Å²) < 4.78 is 0. The number of hydrogen-bond acceptors (Lipinski definition) is 2. The maximum Gasteiger partial charge on any atom is 0.264 e. The number of carbonyl (C=O) groups excluding carboxylic acids is 1. The minimum Gasteiger partial charge on any atom is -0.338 e. The molecule has 0 aromatic heterocycles. The molecule has 0 saturated heterocycles. The van der Waals surface area contributed by atoms with Crippen LogP contribution in [0.2, 0.25) is 0 Å². The van der Waals surface area contributed by atoms with Crippen LogP contribution in [0.5, 0.6) is 0 Å². The van der Waals surface area contributed by atoms with Gasteiger partial charge in [0.1, 0.15) is 0 Å². The number of amides is 1. The average molecular weight is 142 g/mol. The summed E-state index contributed by atoms with van der Waals surface area (Å²) in [5, 5.41) is 0. The summed E-state index contributed by atoms with van der Waals surface area (Å²) in [6.45, 7) is 5.40. The summed E-state index contributed by atoms with van der Waals surface area (Å²) in [4.78, 5) is 16.3. The highest BCUT2D eigenvalue weighted by molar-refractivity contribution is 6.26. The molecule has 0 aliphatic rings. The van der Waals surface area contributed by atoms with Crippen LogP contribution in [0.4, 0.5) is 0 Å².